The fourth-order valence-corrected chi connectivity index (χ4v) is 2.31. The second-order valence-electron chi connectivity index (χ2n) is 7.12. The van der Waals surface area contributed by atoms with E-state index in [1.807, 2.05) is 13.0 Å². The molecule has 0 bridgehead atoms. The van der Waals surface area contributed by atoms with Crippen LogP contribution in [0.2, 0.25) is 0 Å². The van der Waals surface area contributed by atoms with Gasteiger partial charge in [0, 0.05) is 16.8 Å². The van der Waals surface area contributed by atoms with Crippen molar-refractivity contribution in [1.29, 1.82) is 0 Å². The van der Waals surface area contributed by atoms with Crippen LogP contribution in [0.15, 0.2) is 48.5 Å². The van der Waals surface area contributed by atoms with Crippen LogP contribution in [0.4, 0.5) is 5.69 Å². The minimum absolute atomic E-state index is 0.227. The van der Waals surface area contributed by atoms with Crippen molar-refractivity contribution in [2.24, 2.45) is 0 Å². The van der Waals surface area contributed by atoms with Gasteiger partial charge in [-0.1, -0.05) is 24.3 Å². The number of esters is 1. The number of nitrogens with one attached hydrogen (secondary N) is 2. The van der Waals surface area contributed by atoms with Crippen molar-refractivity contribution in [3.63, 3.8) is 0 Å². The summed E-state index contributed by atoms with van der Waals surface area (Å²) in [5, 5.41) is 5.33. The number of rotatable bonds is 5. The summed E-state index contributed by atoms with van der Waals surface area (Å²) in [4.78, 5) is 36.3. The van der Waals surface area contributed by atoms with Crippen LogP contribution in [0.3, 0.4) is 0 Å². The average molecular weight is 368 g/mol. The fourth-order valence-electron chi connectivity index (χ4n) is 2.31. The summed E-state index contributed by atoms with van der Waals surface area (Å²) in [7, 11) is 0. The van der Waals surface area contributed by atoms with Crippen molar-refractivity contribution in [2.75, 3.05) is 11.9 Å². The molecule has 0 unspecified atom stereocenters. The zero-order chi connectivity index (χ0) is 20.0. The quantitative estimate of drug-likeness (QED) is 0.793. The molecule has 2 aromatic carbocycles. The number of carbonyl (C=O) groups excluding carboxylic acids is 3. The Kier molecular flexibility index (Phi) is 6.34. The molecule has 2 rings (SSSR count). The van der Waals surface area contributed by atoms with Gasteiger partial charge in [0.05, 0.1) is 0 Å². The summed E-state index contributed by atoms with van der Waals surface area (Å²) in [5.41, 5.74) is 1.61. The lowest BCUT2D eigenvalue weighted by Crippen LogP contribution is -2.34. The first-order chi connectivity index (χ1) is 12.7. The van der Waals surface area contributed by atoms with Gasteiger partial charge in [-0.25, -0.2) is 0 Å². The normalized spacial score (nSPS) is 10.8. The first-order valence-electron chi connectivity index (χ1n) is 8.63. The van der Waals surface area contributed by atoms with Crippen LogP contribution in [0.5, 0.6) is 0 Å². The van der Waals surface area contributed by atoms with E-state index in [0.717, 1.165) is 5.56 Å². The molecule has 0 saturated carbocycles. The highest BCUT2D eigenvalue weighted by molar-refractivity contribution is 6.05. The Morgan fingerprint density at radius 3 is 2.22 bits per heavy atom. The lowest BCUT2D eigenvalue weighted by Gasteiger charge is -2.19. The molecule has 0 fully saturated rings. The van der Waals surface area contributed by atoms with Crippen LogP contribution >= 0.6 is 0 Å². The number of benzene rings is 2. The van der Waals surface area contributed by atoms with E-state index in [1.165, 1.54) is 0 Å². The topological polar surface area (TPSA) is 84.5 Å². The van der Waals surface area contributed by atoms with Crippen molar-refractivity contribution < 1.29 is 19.1 Å². The minimum atomic E-state index is -0.611. The van der Waals surface area contributed by atoms with Crippen LogP contribution in [0, 0.1) is 6.92 Å². The highest BCUT2D eigenvalue weighted by Gasteiger charge is 2.17. The SMILES string of the molecule is Cc1ccc(C(=O)NCC(=O)OC(C)(C)C)cc1NC(=O)c1ccccc1. The highest BCUT2D eigenvalue weighted by Crippen LogP contribution is 2.18. The summed E-state index contributed by atoms with van der Waals surface area (Å²) in [6.45, 7) is 6.88. The zero-order valence-corrected chi connectivity index (χ0v) is 16.0. The molecule has 0 saturated heterocycles. The van der Waals surface area contributed by atoms with Crippen LogP contribution < -0.4 is 10.6 Å². The van der Waals surface area contributed by atoms with Crippen molar-refractivity contribution in [2.45, 2.75) is 33.3 Å². The molecule has 2 aromatic rings. The molecule has 27 heavy (non-hydrogen) atoms. The molecule has 6 nitrogen and oxygen atoms in total. The maximum absolute atomic E-state index is 12.3. The zero-order valence-electron chi connectivity index (χ0n) is 16.0. The third-order valence-electron chi connectivity index (χ3n) is 3.60. The van der Waals surface area contributed by atoms with E-state index in [-0.39, 0.29) is 12.5 Å². The molecule has 0 heterocycles. The number of hydrogen-bond donors (Lipinski definition) is 2. The Morgan fingerprint density at radius 1 is 0.926 bits per heavy atom. The number of anilines is 1. The van der Waals surface area contributed by atoms with Crippen molar-refractivity contribution in [3.05, 3.63) is 65.2 Å². The second kappa shape index (κ2) is 8.49. The van der Waals surface area contributed by atoms with Gasteiger partial charge in [-0.2, -0.15) is 0 Å². The van der Waals surface area contributed by atoms with Gasteiger partial charge >= 0.3 is 5.97 Å². The molecule has 2 N–H and O–H groups in total. The molecular weight excluding hydrogens is 344 g/mol. The van der Waals surface area contributed by atoms with Gasteiger partial charge in [0.15, 0.2) is 0 Å². The Bertz CT molecular complexity index is 839. The van der Waals surface area contributed by atoms with E-state index in [2.05, 4.69) is 10.6 Å². The fraction of sp³-hybridized carbons (Fsp3) is 0.286. The second-order valence-corrected chi connectivity index (χ2v) is 7.12. The third kappa shape index (κ3) is 6.26. The molecule has 0 atom stereocenters. The maximum Gasteiger partial charge on any atom is 0.325 e. The van der Waals surface area contributed by atoms with E-state index in [0.29, 0.717) is 16.8 Å². The molecule has 0 aliphatic rings. The van der Waals surface area contributed by atoms with Gasteiger partial charge in [-0.15, -0.1) is 0 Å². The van der Waals surface area contributed by atoms with Crippen LogP contribution in [-0.4, -0.2) is 29.9 Å². The molecular formula is C21H24N2O4. The summed E-state index contributed by atoms with van der Waals surface area (Å²) >= 11 is 0. The van der Waals surface area contributed by atoms with Gasteiger partial charge in [-0.3, -0.25) is 14.4 Å². The maximum atomic E-state index is 12.3. The summed E-state index contributed by atoms with van der Waals surface area (Å²) < 4.78 is 5.16. The Morgan fingerprint density at radius 2 is 1.59 bits per heavy atom. The average Bonchev–Trinajstić information content (AvgIpc) is 2.60. The molecule has 0 spiro atoms. The van der Waals surface area contributed by atoms with E-state index >= 15 is 0 Å². The van der Waals surface area contributed by atoms with Gasteiger partial charge in [0.1, 0.15) is 12.1 Å². The number of carbonyl (C=O) groups is 3. The van der Waals surface area contributed by atoms with Gasteiger partial charge < -0.3 is 15.4 Å². The summed E-state index contributed by atoms with van der Waals surface area (Å²) in [6.07, 6.45) is 0. The van der Waals surface area contributed by atoms with Gasteiger partial charge in [0.2, 0.25) is 0 Å². The molecule has 0 aliphatic carbocycles. The number of ether oxygens (including phenoxy) is 1. The summed E-state index contributed by atoms with van der Waals surface area (Å²) in [5.74, 6) is -1.19. The van der Waals surface area contributed by atoms with Crippen molar-refractivity contribution in [3.8, 4) is 0 Å². The first-order valence-corrected chi connectivity index (χ1v) is 8.63. The molecule has 0 aliphatic heterocycles. The van der Waals surface area contributed by atoms with Gasteiger partial charge in [-0.05, 0) is 57.5 Å². The van der Waals surface area contributed by atoms with E-state index in [9.17, 15) is 14.4 Å². The van der Waals surface area contributed by atoms with Crippen LogP contribution in [0.1, 0.15) is 47.1 Å². The monoisotopic (exact) mass is 368 g/mol. The molecule has 2 amide bonds. The molecule has 0 radical (unpaired) electrons. The van der Waals surface area contributed by atoms with Crippen molar-refractivity contribution >= 4 is 23.5 Å². The van der Waals surface area contributed by atoms with Gasteiger partial charge in [0.25, 0.3) is 11.8 Å². The van der Waals surface area contributed by atoms with E-state index in [4.69, 9.17) is 4.74 Å². The Hall–Kier alpha value is -3.15. The first kappa shape index (κ1) is 20.2. The molecule has 142 valence electrons. The van der Waals surface area contributed by atoms with Crippen LogP contribution in [-0.2, 0) is 9.53 Å². The predicted molar refractivity (Wildman–Crippen MR) is 104 cm³/mol. The van der Waals surface area contributed by atoms with Crippen molar-refractivity contribution in [1.82, 2.24) is 5.32 Å². The summed E-state index contributed by atoms with van der Waals surface area (Å²) in [6, 6.07) is 13.8. The van der Waals surface area contributed by atoms with E-state index in [1.54, 1.807) is 63.2 Å². The predicted octanol–water partition coefficient (Wildman–Crippen LogP) is 3.32. The molecule has 6 heteroatoms. The lowest BCUT2D eigenvalue weighted by molar-refractivity contribution is -0.153. The minimum Gasteiger partial charge on any atom is -0.459 e. The number of aryl methyl sites for hydroxylation is 1. The van der Waals surface area contributed by atoms with Crippen LogP contribution in [0.25, 0.3) is 0 Å². The highest BCUT2D eigenvalue weighted by atomic mass is 16.6. The smallest absolute Gasteiger partial charge is 0.325 e. The third-order valence-corrected chi connectivity index (χ3v) is 3.60. The number of hydrogen-bond acceptors (Lipinski definition) is 4. The molecule has 0 aromatic heterocycles. The van der Waals surface area contributed by atoms with E-state index < -0.39 is 17.5 Å². The standard InChI is InChI=1S/C21H24N2O4/c1-14-10-11-16(19(25)22-13-18(24)27-21(2,3)4)12-17(14)23-20(26)15-8-6-5-7-9-15/h5-12H,13H2,1-4H3,(H,22,25)(H,23,26). The Balaban J connectivity index is 2.04. The lowest BCUT2D eigenvalue weighted by atomic mass is 10.1. The largest absolute Gasteiger partial charge is 0.459 e. The Labute approximate surface area is 158 Å². The number of amides is 2.